The van der Waals surface area contributed by atoms with Crippen LogP contribution in [0.5, 0.6) is 5.88 Å². The number of sulfonamides is 1. The smallest absolute Gasteiger partial charge is 0.233 e. The Morgan fingerprint density at radius 1 is 1.56 bits per heavy atom. The van der Waals surface area contributed by atoms with Gasteiger partial charge in [-0.2, -0.15) is 0 Å². The van der Waals surface area contributed by atoms with Crippen molar-refractivity contribution in [2.24, 2.45) is 0 Å². The van der Waals surface area contributed by atoms with Crippen LogP contribution in [0.2, 0.25) is 0 Å². The molecule has 1 N–H and O–H groups in total. The minimum atomic E-state index is -3.38. The Morgan fingerprint density at radius 3 is 2.94 bits per heavy atom. The van der Waals surface area contributed by atoms with E-state index < -0.39 is 10.0 Å². The van der Waals surface area contributed by atoms with E-state index in [-0.39, 0.29) is 13.2 Å². The summed E-state index contributed by atoms with van der Waals surface area (Å²) in [7, 11) is -3.38. The van der Waals surface area contributed by atoms with Crippen LogP contribution >= 0.6 is 15.9 Å². The summed E-state index contributed by atoms with van der Waals surface area (Å²) in [6.45, 7) is 3.55. The highest BCUT2D eigenvalue weighted by Gasteiger charge is 2.02. The van der Waals surface area contributed by atoms with Crippen LogP contribution in [0, 0.1) is 0 Å². The maximum atomic E-state index is 11.0. The Labute approximate surface area is 103 Å². The first-order valence-corrected chi connectivity index (χ1v) is 6.75. The molecule has 0 aliphatic rings. The molecule has 0 atom stereocenters. The fourth-order valence-corrected chi connectivity index (χ4v) is 1.68. The number of halogens is 1. The van der Waals surface area contributed by atoms with Crippen LogP contribution in [0.15, 0.2) is 34.8 Å². The quantitative estimate of drug-likeness (QED) is 0.635. The molecule has 0 bridgehead atoms. The Kier molecular flexibility index (Phi) is 4.91. The fraction of sp³-hybridized carbons (Fsp3) is 0.222. The van der Waals surface area contributed by atoms with E-state index in [4.69, 9.17) is 4.74 Å². The molecule has 0 spiro atoms. The Hall–Kier alpha value is -0.920. The highest BCUT2D eigenvalue weighted by atomic mass is 79.9. The Balaban J connectivity index is 2.34. The van der Waals surface area contributed by atoms with E-state index in [1.807, 2.05) is 0 Å². The van der Waals surface area contributed by atoms with Gasteiger partial charge in [-0.15, -0.1) is 0 Å². The Morgan fingerprint density at radius 2 is 2.31 bits per heavy atom. The van der Waals surface area contributed by atoms with Gasteiger partial charge in [-0.05, 0) is 22.0 Å². The first kappa shape index (κ1) is 13.1. The first-order valence-electron chi connectivity index (χ1n) is 4.41. The van der Waals surface area contributed by atoms with Gasteiger partial charge >= 0.3 is 0 Å². The summed E-state index contributed by atoms with van der Waals surface area (Å²) in [6.07, 6.45) is 0. The van der Waals surface area contributed by atoms with Gasteiger partial charge in [0.15, 0.2) is 0 Å². The maximum absolute atomic E-state index is 11.0. The molecule has 1 aromatic heterocycles. The number of hydrogen-bond donors (Lipinski definition) is 1. The topological polar surface area (TPSA) is 68.3 Å². The van der Waals surface area contributed by atoms with Crippen molar-refractivity contribution in [3.8, 4) is 5.88 Å². The number of hydrogen-bond acceptors (Lipinski definition) is 4. The molecule has 0 aromatic carbocycles. The fourth-order valence-electron chi connectivity index (χ4n) is 0.868. The van der Waals surface area contributed by atoms with Crippen molar-refractivity contribution in [3.63, 3.8) is 0 Å². The molecule has 1 aromatic rings. The highest BCUT2D eigenvalue weighted by molar-refractivity contribution is 9.10. The molecule has 1 rings (SSSR count). The van der Waals surface area contributed by atoms with Crippen LogP contribution < -0.4 is 9.46 Å². The second-order valence-corrected chi connectivity index (χ2v) is 5.28. The average Bonchev–Trinajstić information content (AvgIpc) is 2.25. The third kappa shape index (κ3) is 4.73. The summed E-state index contributed by atoms with van der Waals surface area (Å²) in [5, 5.41) is 0.852. The van der Waals surface area contributed by atoms with Crippen LogP contribution in [0.1, 0.15) is 0 Å². The molecule has 16 heavy (non-hydrogen) atoms. The molecule has 0 aliphatic carbocycles. The largest absolute Gasteiger partial charge is 0.476 e. The second-order valence-electron chi connectivity index (χ2n) is 2.75. The molecule has 88 valence electrons. The van der Waals surface area contributed by atoms with Gasteiger partial charge in [0.25, 0.3) is 0 Å². The number of pyridine rings is 1. The van der Waals surface area contributed by atoms with E-state index in [2.05, 4.69) is 32.2 Å². The predicted octanol–water partition coefficient (Wildman–Crippen LogP) is 1.29. The summed E-state index contributed by atoms with van der Waals surface area (Å²) in [6, 6.07) is 5.24. The molecular weight excluding hydrogens is 296 g/mol. The minimum Gasteiger partial charge on any atom is -0.476 e. The van der Waals surface area contributed by atoms with Crippen LogP contribution in [0.3, 0.4) is 0 Å². The average molecular weight is 307 g/mol. The van der Waals surface area contributed by atoms with Crippen molar-refractivity contribution >= 4 is 26.0 Å². The van der Waals surface area contributed by atoms with Gasteiger partial charge in [-0.3, -0.25) is 0 Å². The minimum absolute atomic E-state index is 0.169. The van der Waals surface area contributed by atoms with E-state index in [1.54, 1.807) is 18.2 Å². The van der Waals surface area contributed by atoms with Crippen LogP contribution in [0.4, 0.5) is 0 Å². The molecule has 0 unspecified atom stereocenters. The molecular formula is C9H11BrN2O3S. The molecule has 7 heteroatoms. The zero-order valence-electron chi connectivity index (χ0n) is 8.39. The standard InChI is InChI=1S/C9H11BrN2O3S/c1-2-16(13,14)11-6-7-15-9-5-3-4-8(10)12-9/h2-5,11H,1,6-7H2. The van der Waals surface area contributed by atoms with Gasteiger partial charge in [0, 0.05) is 18.0 Å². The lowest BCUT2D eigenvalue weighted by molar-refractivity contribution is 0.310. The summed E-state index contributed by atoms with van der Waals surface area (Å²) in [5.74, 6) is 0.437. The third-order valence-electron chi connectivity index (χ3n) is 1.56. The zero-order chi connectivity index (χ0) is 12.0. The lowest BCUT2D eigenvalue weighted by Gasteiger charge is -2.05. The summed E-state index contributed by atoms with van der Waals surface area (Å²) >= 11 is 3.20. The number of ether oxygens (including phenoxy) is 1. The normalized spacial score (nSPS) is 11.1. The van der Waals surface area contributed by atoms with Crippen molar-refractivity contribution in [1.82, 2.24) is 9.71 Å². The number of aromatic nitrogens is 1. The van der Waals surface area contributed by atoms with Crippen molar-refractivity contribution in [1.29, 1.82) is 0 Å². The van der Waals surface area contributed by atoms with Gasteiger partial charge in [0.05, 0.1) is 0 Å². The van der Waals surface area contributed by atoms with Crippen molar-refractivity contribution in [2.75, 3.05) is 13.2 Å². The molecule has 0 fully saturated rings. The predicted molar refractivity (Wildman–Crippen MR) is 64.6 cm³/mol. The van der Waals surface area contributed by atoms with E-state index >= 15 is 0 Å². The highest BCUT2D eigenvalue weighted by Crippen LogP contribution is 2.11. The third-order valence-corrected chi connectivity index (χ3v) is 3.05. The van der Waals surface area contributed by atoms with Crippen molar-refractivity contribution in [2.45, 2.75) is 0 Å². The lowest BCUT2D eigenvalue weighted by atomic mass is 10.5. The van der Waals surface area contributed by atoms with Crippen LogP contribution in [-0.2, 0) is 10.0 Å². The molecule has 5 nitrogen and oxygen atoms in total. The maximum Gasteiger partial charge on any atom is 0.233 e. The molecule has 0 aliphatic heterocycles. The molecule has 1 heterocycles. The number of nitrogens with one attached hydrogen (secondary N) is 1. The first-order chi connectivity index (χ1) is 7.53. The van der Waals surface area contributed by atoms with Crippen LogP contribution in [0.25, 0.3) is 0 Å². The van der Waals surface area contributed by atoms with Gasteiger partial charge in [0.1, 0.15) is 11.2 Å². The van der Waals surface area contributed by atoms with E-state index in [1.165, 1.54) is 0 Å². The Bertz CT molecular complexity index is 462. The van der Waals surface area contributed by atoms with Crippen molar-refractivity contribution in [3.05, 3.63) is 34.8 Å². The van der Waals surface area contributed by atoms with E-state index in [0.717, 1.165) is 5.41 Å². The summed E-state index contributed by atoms with van der Waals surface area (Å²) in [5.41, 5.74) is 0. The number of rotatable bonds is 6. The molecule has 0 saturated heterocycles. The SMILES string of the molecule is C=CS(=O)(=O)NCCOc1cccc(Br)n1. The van der Waals surface area contributed by atoms with Gasteiger partial charge in [0.2, 0.25) is 15.9 Å². The van der Waals surface area contributed by atoms with Crippen LogP contribution in [-0.4, -0.2) is 26.6 Å². The molecule has 0 saturated carbocycles. The zero-order valence-corrected chi connectivity index (χ0v) is 10.8. The monoisotopic (exact) mass is 306 g/mol. The van der Waals surface area contributed by atoms with Gasteiger partial charge < -0.3 is 4.74 Å². The van der Waals surface area contributed by atoms with E-state index in [0.29, 0.717) is 10.5 Å². The van der Waals surface area contributed by atoms with Crippen molar-refractivity contribution < 1.29 is 13.2 Å². The summed E-state index contributed by atoms with van der Waals surface area (Å²) < 4.78 is 30.1. The lowest BCUT2D eigenvalue weighted by Crippen LogP contribution is -2.26. The van der Waals surface area contributed by atoms with Gasteiger partial charge in [-0.1, -0.05) is 12.6 Å². The molecule has 0 radical (unpaired) electrons. The van der Waals surface area contributed by atoms with E-state index in [9.17, 15) is 8.42 Å². The van der Waals surface area contributed by atoms with Gasteiger partial charge in [-0.25, -0.2) is 18.1 Å². The second kappa shape index (κ2) is 5.97. The number of nitrogens with zero attached hydrogens (tertiary/aromatic N) is 1. The summed E-state index contributed by atoms with van der Waals surface area (Å²) in [4.78, 5) is 4.02. The molecule has 0 amide bonds.